The highest BCUT2D eigenvalue weighted by molar-refractivity contribution is 6.01. The number of aliphatic hydroxyl groups is 1. The second-order valence-electron chi connectivity index (χ2n) is 6.93. The monoisotopic (exact) mass is 346 g/mol. The van der Waals surface area contributed by atoms with Crippen LogP contribution in [0.5, 0.6) is 0 Å². The second-order valence-corrected chi connectivity index (χ2v) is 6.93. The Morgan fingerprint density at radius 1 is 1.36 bits per heavy atom. The van der Waals surface area contributed by atoms with Gasteiger partial charge in [0.25, 0.3) is 0 Å². The third-order valence-electron chi connectivity index (χ3n) is 3.92. The molecule has 1 aromatic rings. The molecule has 138 valence electrons. The third kappa shape index (κ3) is 6.98. The summed E-state index contributed by atoms with van der Waals surface area (Å²) in [7, 11) is 0. The van der Waals surface area contributed by atoms with Crippen molar-refractivity contribution >= 4 is 5.71 Å². The Hall–Kier alpha value is -1.69. The lowest BCUT2D eigenvalue weighted by Gasteiger charge is -2.25. The van der Waals surface area contributed by atoms with Gasteiger partial charge in [-0.05, 0) is 11.5 Å². The van der Waals surface area contributed by atoms with Crippen LogP contribution in [0.4, 0.5) is 0 Å². The third-order valence-corrected chi connectivity index (χ3v) is 3.92. The zero-order valence-electron chi connectivity index (χ0n) is 15.3. The summed E-state index contributed by atoms with van der Waals surface area (Å²) in [6, 6.07) is 10.1. The van der Waals surface area contributed by atoms with Gasteiger partial charge in [-0.1, -0.05) is 55.4 Å². The van der Waals surface area contributed by atoms with E-state index in [9.17, 15) is 5.11 Å². The van der Waals surface area contributed by atoms with Gasteiger partial charge in [-0.25, -0.2) is 0 Å². The molecule has 25 heavy (non-hydrogen) atoms. The van der Waals surface area contributed by atoms with Crippen LogP contribution in [0.1, 0.15) is 25.8 Å². The van der Waals surface area contributed by atoms with Gasteiger partial charge < -0.3 is 14.7 Å². The van der Waals surface area contributed by atoms with E-state index in [0.717, 1.165) is 17.7 Å². The lowest BCUT2D eigenvalue weighted by atomic mass is 10.0. The quantitative estimate of drug-likeness (QED) is 0.626. The Morgan fingerprint density at radius 2 is 2.12 bits per heavy atom. The van der Waals surface area contributed by atoms with Crippen LogP contribution >= 0.6 is 0 Å². The molecule has 0 spiro atoms. The van der Waals surface area contributed by atoms with Crippen LogP contribution in [-0.4, -0.2) is 60.8 Å². The number of hydrogen-bond acceptors (Lipinski definition) is 5. The number of benzene rings is 1. The molecular formula is C20H30N2O3. The zero-order valence-corrected chi connectivity index (χ0v) is 15.3. The van der Waals surface area contributed by atoms with Gasteiger partial charge >= 0.3 is 0 Å². The van der Waals surface area contributed by atoms with Crippen molar-refractivity contribution in [2.45, 2.75) is 32.5 Å². The highest BCUT2D eigenvalue weighted by Gasteiger charge is 2.25. The first-order chi connectivity index (χ1) is 12.1. The van der Waals surface area contributed by atoms with Crippen molar-refractivity contribution in [2.24, 2.45) is 11.1 Å². The van der Waals surface area contributed by atoms with E-state index >= 15 is 0 Å². The van der Waals surface area contributed by atoms with Crippen molar-refractivity contribution in [2.75, 3.05) is 32.8 Å². The lowest BCUT2D eigenvalue weighted by Crippen LogP contribution is -2.40. The van der Waals surface area contributed by atoms with E-state index in [1.54, 1.807) is 0 Å². The first-order valence-electron chi connectivity index (χ1n) is 8.95. The second kappa shape index (κ2) is 10.3. The number of nitrogens with zero attached hydrogens (tertiary/aromatic N) is 2. The summed E-state index contributed by atoms with van der Waals surface area (Å²) in [5.41, 5.74) is 2.08. The molecule has 0 fully saturated rings. The minimum atomic E-state index is -0.519. The summed E-state index contributed by atoms with van der Waals surface area (Å²) in [4.78, 5) is 7.72. The predicted molar refractivity (Wildman–Crippen MR) is 101 cm³/mol. The molecule has 2 rings (SSSR count). The molecule has 5 heteroatoms. The van der Waals surface area contributed by atoms with Crippen molar-refractivity contribution in [1.82, 2.24) is 4.90 Å². The van der Waals surface area contributed by atoms with Crippen LogP contribution in [-0.2, 0) is 9.57 Å². The Labute approximate surface area is 150 Å². The van der Waals surface area contributed by atoms with E-state index in [2.05, 4.69) is 30.5 Å². The molecule has 0 aromatic heterocycles. The normalized spacial score (nSPS) is 18.3. The molecule has 0 amide bonds. The lowest BCUT2D eigenvalue weighted by molar-refractivity contribution is -0.00281. The number of ether oxygens (including phenoxy) is 1. The molecule has 1 N–H and O–H groups in total. The van der Waals surface area contributed by atoms with Gasteiger partial charge in [0, 0.05) is 32.7 Å². The summed E-state index contributed by atoms with van der Waals surface area (Å²) in [5.74, 6) is 0.469. The average molecular weight is 346 g/mol. The van der Waals surface area contributed by atoms with Crippen molar-refractivity contribution < 1.29 is 14.7 Å². The Morgan fingerprint density at radius 3 is 2.80 bits per heavy atom. The number of hydrogen-bond donors (Lipinski definition) is 1. The SMILES string of the molecule is C=CCN(C[C@H](O)COCC(C)C)C[C@@H]1CC(c2ccccc2)=NO1. The fourth-order valence-corrected chi connectivity index (χ4v) is 2.81. The van der Waals surface area contributed by atoms with Gasteiger partial charge in [-0.2, -0.15) is 0 Å². The van der Waals surface area contributed by atoms with Crippen LogP contribution in [0.25, 0.3) is 0 Å². The molecule has 5 nitrogen and oxygen atoms in total. The van der Waals surface area contributed by atoms with E-state index in [1.807, 2.05) is 36.4 Å². The summed E-state index contributed by atoms with van der Waals surface area (Å²) >= 11 is 0. The fraction of sp³-hybridized carbons (Fsp3) is 0.550. The summed E-state index contributed by atoms with van der Waals surface area (Å²) in [5, 5.41) is 14.4. The van der Waals surface area contributed by atoms with E-state index in [1.165, 1.54) is 0 Å². The highest BCUT2D eigenvalue weighted by atomic mass is 16.6. The van der Waals surface area contributed by atoms with Gasteiger partial charge in [-0.15, -0.1) is 6.58 Å². The molecule has 0 unspecified atom stereocenters. The minimum Gasteiger partial charge on any atom is -0.390 e. The molecular weight excluding hydrogens is 316 g/mol. The summed E-state index contributed by atoms with van der Waals surface area (Å²) in [6.07, 6.45) is 2.10. The van der Waals surface area contributed by atoms with E-state index in [4.69, 9.17) is 9.57 Å². The maximum absolute atomic E-state index is 10.2. The van der Waals surface area contributed by atoms with Crippen LogP contribution < -0.4 is 0 Å². The molecule has 1 aromatic carbocycles. The van der Waals surface area contributed by atoms with E-state index in [0.29, 0.717) is 38.8 Å². The minimum absolute atomic E-state index is 0.000983. The first-order valence-corrected chi connectivity index (χ1v) is 8.95. The van der Waals surface area contributed by atoms with Gasteiger partial charge in [0.15, 0.2) is 0 Å². The average Bonchev–Trinajstić information content (AvgIpc) is 3.04. The Kier molecular flexibility index (Phi) is 8.12. The van der Waals surface area contributed by atoms with Gasteiger partial charge in [0.2, 0.25) is 0 Å². The fourth-order valence-electron chi connectivity index (χ4n) is 2.81. The summed E-state index contributed by atoms with van der Waals surface area (Å²) in [6.45, 7) is 10.9. The van der Waals surface area contributed by atoms with Crippen molar-refractivity contribution in [3.63, 3.8) is 0 Å². The number of oxime groups is 1. The van der Waals surface area contributed by atoms with Gasteiger partial charge in [0.1, 0.15) is 6.10 Å². The van der Waals surface area contributed by atoms with Crippen LogP contribution in [0.2, 0.25) is 0 Å². The smallest absolute Gasteiger partial charge is 0.145 e. The molecule has 0 bridgehead atoms. The molecule has 0 aliphatic carbocycles. The molecule has 1 heterocycles. The Balaban J connectivity index is 1.79. The first kappa shape index (κ1) is 19.6. The molecule has 1 aliphatic heterocycles. The van der Waals surface area contributed by atoms with Crippen molar-refractivity contribution in [3.05, 3.63) is 48.6 Å². The largest absolute Gasteiger partial charge is 0.390 e. The van der Waals surface area contributed by atoms with Crippen molar-refractivity contribution in [3.8, 4) is 0 Å². The maximum Gasteiger partial charge on any atom is 0.145 e. The van der Waals surface area contributed by atoms with Gasteiger partial charge in [-0.3, -0.25) is 4.90 Å². The predicted octanol–water partition coefficient (Wildman–Crippen LogP) is 2.70. The molecule has 0 radical (unpaired) electrons. The van der Waals surface area contributed by atoms with E-state index in [-0.39, 0.29) is 6.10 Å². The maximum atomic E-state index is 10.2. The molecule has 2 atom stereocenters. The standard InChI is InChI=1S/C20H30N2O3/c1-4-10-22(12-18(23)15-24-14-16(2)3)13-19-11-20(21-25-19)17-8-6-5-7-9-17/h4-9,16,18-19,23H,1,10-15H2,2-3H3/t18-,19-/m0/s1. The molecule has 0 saturated heterocycles. The van der Waals surface area contributed by atoms with Crippen LogP contribution in [0.3, 0.4) is 0 Å². The van der Waals surface area contributed by atoms with E-state index < -0.39 is 6.10 Å². The van der Waals surface area contributed by atoms with Gasteiger partial charge in [0.05, 0.1) is 18.4 Å². The molecule has 1 aliphatic rings. The number of rotatable bonds is 11. The molecule has 0 saturated carbocycles. The number of aliphatic hydroxyl groups excluding tert-OH is 1. The topological polar surface area (TPSA) is 54.3 Å². The van der Waals surface area contributed by atoms with Crippen LogP contribution in [0, 0.1) is 5.92 Å². The summed E-state index contributed by atoms with van der Waals surface area (Å²) < 4.78 is 5.52. The zero-order chi connectivity index (χ0) is 18.1. The highest BCUT2D eigenvalue weighted by Crippen LogP contribution is 2.17. The Bertz CT molecular complexity index is 545. The van der Waals surface area contributed by atoms with Crippen LogP contribution in [0.15, 0.2) is 48.1 Å². The van der Waals surface area contributed by atoms with Crippen molar-refractivity contribution in [1.29, 1.82) is 0 Å².